The molecule has 0 saturated heterocycles. The fraction of sp³-hybridized carbons (Fsp3) is 0.467. The largest absolute Gasteiger partial charge is 0.0801 e. The lowest BCUT2D eigenvalue weighted by Gasteiger charge is -2.31. The second-order valence-electron chi connectivity index (χ2n) is 10.5. The fourth-order valence-corrected chi connectivity index (χ4v) is 5.89. The highest BCUT2D eigenvalue weighted by Gasteiger charge is 2.34. The molecule has 0 aromatic heterocycles. The Labute approximate surface area is 184 Å². The smallest absolute Gasteiger partial charge is 0.000708 e. The molecule has 0 heterocycles. The normalized spacial score (nSPS) is 15.0. The standard InChI is InChI=1S/C30H38/c1-17(2)23-15-11-14-22-16-24-28(21-12-9-10-13-21)26(19(5)6)25(18(3)4)27(20(7)8)30(24)29(22)23/h9-12,14-15,17-20H,13,16H2,1-8H3. The average molecular weight is 399 g/mol. The maximum Gasteiger partial charge on any atom is -0.000708 e. The van der Waals surface area contributed by atoms with Gasteiger partial charge in [0, 0.05) is 0 Å². The molecule has 158 valence electrons. The van der Waals surface area contributed by atoms with Crippen molar-refractivity contribution in [3.8, 4) is 11.1 Å². The first kappa shape index (κ1) is 21.2. The molecule has 2 aromatic rings. The summed E-state index contributed by atoms with van der Waals surface area (Å²) >= 11 is 0. The van der Waals surface area contributed by atoms with E-state index in [-0.39, 0.29) is 0 Å². The molecule has 0 bridgehead atoms. The molecule has 0 unspecified atom stereocenters. The van der Waals surface area contributed by atoms with Crippen molar-refractivity contribution >= 4 is 5.57 Å². The zero-order chi connectivity index (χ0) is 21.7. The van der Waals surface area contributed by atoms with Crippen LogP contribution in [0, 0.1) is 0 Å². The Hall–Kier alpha value is -2.08. The van der Waals surface area contributed by atoms with Gasteiger partial charge < -0.3 is 0 Å². The molecular formula is C30H38. The van der Waals surface area contributed by atoms with Gasteiger partial charge in [-0.15, -0.1) is 0 Å². The van der Waals surface area contributed by atoms with E-state index in [1.165, 1.54) is 16.7 Å². The van der Waals surface area contributed by atoms with Gasteiger partial charge in [-0.1, -0.05) is 91.8 Å². The average Bonchev–Trinajstić information content (AvgIpc) is 3.32. The second kappa shape index (κ2) is 7.88. The SMILES string of the molecule is CC(C)c1cccc2c1-c1c(c(C3=CC=CC3)c(C(C)C)c(C(C)C)c1C(C)C)C2. The van der Waals surface area contributed by atoms with Gasteiger partial charge in [-0.2, -0.15) is 0 Å². The third kappa shape index (κ3) is 3.20. The van der Waals surface area contributed by atoms with Gasteiger partial charge in [0.25, 0.3) is 0 Å². The van der Waals surface area contributed by atoms with E-state index in [0.29, 0.717) is 23.7 Å². The van der Waals surface area contributed by atoms with Crippen LogP contribution in [-0.4, -0.2) is 0 Å². The molecule has 0 spiro atoms. The Morgan fingerprint density at radius 1 is 0.667 bits per heavy atom. The summed E-state index contributed by atoms with van der Waals surface area (Å²) in [5.41, 5.74) is 15.7. The summed E-state index contributed by atoms with van der Waals surface area (Å²) in [5, 5.41) is 0. The van der Waals surface area contributed by atoms with Gasteiger partial charge in [-0.3, -0.25) is 0 Å². The monoisotopic (exact) mass is 398 g/mol. The van der Waals surface area contributed by atoms with Gasteiger partial charge in [0.1, 0.15) is 0 Å². The number of hydrogen-bond donors (Lipinski definition) is 0. The maximum absolute atomic E-state index is 2.40. The predicted molar refractivity (Wildman–Crippen MR) is 133 cm³/mol. The number of allylic oxidation sites excluding steroid dienone is 4. The van der Waals surface area contributed by atoms with Crippen LogP contribution in [0.5, 0.6) is 0 Å². The van der Waals surface area contributed by atoms with Crippen LogP contribution in [0.15, 0.2) is 36.4 Å². The topological polar surface area (TPSA) is 0 Å². The van der Waals surface area contributed by atoms with Gasteiger partial charge in [-0.25, -0.2) is 0 Å². The van der Waals surface area contributed by atoms with Gasteiger partial charge in [0.05, 0.1) is 0 Å². The minimum absolute atomic E-state index is 0.518. The van der Waals surface area contributed by atoms with Crippen molar-refractivity contribution in [2.24, 2.45) is 0 Å². The van der Waals surface area contributed by atoms with E-state index in [1.807, 2.05) is 0 Å². The highest BCUT2D eigenvalue weighted by Crippen LogP contribution is 2.53. The van der Waals surface area contributed by atoms with Gasteiger partial charge in [0.2, 0.25) is 0 Å². The Kier molecular flexibility index (Phi) is 5.56. The lowest BCUT2D eigenvalue weighted by molar-refractivity contribution is 0.745. The van der Waals surface area contributed by atoms with Crippen LogP contribution in [0.3, 0.4) is 0 Å². The highest BCUT2D eigenvalue weighted by molar-refractivity contribution is 5.91. The van der Waals surface area contributed by atoms with Crippen LogP contribution in [0.1, 0.15) is 124 Å². The number of benzene rings is 2. The molecular weight excluding hydrogens is 360 g/mol. The first-order valence-electron chi connectivity index (χ1n) is 11.9. The quantitative estimate of drug-likeness (QED) is 0.402. The number of fused-ring (bicyclic) bond motifs is 3. The summed E-state index contributed by atoms with van der Waals surface area (Å²) in [6, 6.07) is 7.02. The van der Waals surface area contributed by atoms with Crippen molar-refractivity contribution in [1.82, 2.24) is 0 Å². The van der Waals surface area contributed by atoms with Crippen LogP contribution in [0.25, 0.3) is 16.7 Å². The molecule has 0 heteroatoms. The molecule has 2 aromatic carbocycles. The van der Waals surface area contributed by atoms with Crippen molar-refractivity contribution < 1.29 is 0 Å². The van der Waals surface area contributed by atoms with Crippen LogP contribution in [0.2, 0.25) is 0 Å². The maximum atomic E-state index is 2.40. The second-order valence-corrected chi connectivity index (χ2v) is 10.5. The van der Waals surface area contributed by atoms with Crippen LogP contribution >= 0.6 is 0 Å². The van der Waals surface area contributed by atoms with Gasteiger partial charge >= 0.3 is 0 Å². The third-order valence-electron chi connectivity index (χ3n) is 6.97. The van der Waals surface area contributed by atoms with Crippen LogP contribution < -0.4 is 0 Å². The summed E-state index contributed by atoms with van der Waals surface area (Å²) in [6.45, 7) is 19.1. The first-order chi connectivity index (χ1) is 14.2. The van der Waals surface area contributed by atoms with E-state index in [0.717, 1.165) is 12.8 Å². The summed E-state index contributed by atoms with van der Waals surface area (Å²) < 4.78 is 0. The minimum atomic E-state index is 0.518. The van der Waals surface area contributed by atoms with E-state index in [4.69, 9.17) is 0 Å². The van der Waals surface area contributed by atoms with E-state index in [9.17, 15) is 0 Å². The molecule has 4 rings (SSSR count). The molecule has 2 aliphatic carbocycles. The molecule has 0 aliphatic heterocycles. The summed E-state index contributed by atoms with van der Waals surface area (Å²) in [7, 11) is 0. The first-order valence-corrected chi connectivity index (χ1v) is 11.9. The summed E-state index contributed by atoms with van der Waals surface area (Å²) in [6.07, 6.45) is 9.08. The molecule has 0 atom stereocenters. The molecule has 0 saturated carbocycles. The lowest BCUT2D eigenvalue weighted by atomic mass is 9.73. The summed E-state index contributed by atoms with van der Waals surface area (Å²) in [5.74, 6) is 2.10. The number of hydrogen-bond acceptors (Lipinski definition) is 0. The molecule has 2 aliphatic rings. The Balaban J connectivity index is 2.20. The van der Waals surface area contributed by atoms with E-state index < -0.39 is 0 Å². The highest BCUT2D eigenvalue weighted by atomic mass is 14.4. The Morgan fingerprint density at radius 3 is 1.83 bits per heavy atom. The lowest BCUT2D eigenvalue weighted by Crippen LogP contribution is -2.13. The number of rotatable bonds is 5. The van der Waals surface area contributed by atoms with Crippen molar-refractivity contribution in [1.29, 1.82) is 0 Å². The summed E-state index contributed by atoms with van der Waals surface area (Å²) in [4.78, 5) is 0. The van der Waals surface area contributed by atoms with E-state index in [2.05, 4.69) is 91.8 Å². The van der Waals surface area contributed by atoms with E-state index >= 15 is 0 Å². The zero-order valence-electron chi connectivity index (χ0n) is 20.2. The zero-order valence-corrected chi connectivity index (χ0v) is 20.2. The molecule has 0 N–H and O–H groups in total. The molecule has 0 nitrogen and oxygen atoms in total. The molecule has 0 radical (unpaired) electrons. The molecule has 0 fully saturated rings. The van der Waals surface area contributed by atoms with Crippen LogP contribution in [-0.2, 0) is 6.42 Å². The Morgan fingerprint density at radius 2 is 1.30 bits per heavy atom. The van der Waals surface area contributed by atoms with Crippen LogP contribution in [0.4, 0.5) is 0 Å². The predicted octanol–water partition coefficient (Wildman–Crippen LogP) is 9.09. The van der Waals surface area contributed by atoms with Crippen molar-refractivity contribution in [2.45, 2.75) is 91.9 Å². The Bertz CT molecular complexity index is 1040. The molecule has 30 heavy (non-hydrogen) atoms. The van der Waals surface area contributed by atoms with Crippen molar-refractivity contribution in [3.05, 3.63) is 75.4 Å². The fourth-order valence-electron chi connectivity index (χ4n) is 5.89. The minimum Gasteiger partial charge on any atom is -0.0801 e. The van der Waals surface area contributed by atoms with Gasteiger partial charge in [-0.05, 0) is 92.2 Å². The van der Waals surface area contributed by atoms with Crippen molar-refractivity contribution in [2.75, 3.05) is 0 Å². The van der Waals surface area contributed by atoms with Crippen molar-refractivity contribution in [3.63, 3.8) is 0 Å². The van der Waals surface area contributed by atoms with E-state index in [1.54, 1.807) is 38.9 Å². The molecule has 0 amide bonds. The van der Waals surface area contributed by atoms with Gasteiger partial charge in [0.15, 0.2) is 0 Å². The third-order valence-corrected chi connectivity index (χ3v) is 6.97.